The van der Waals surface area contributed by atoms with Crippen molar-refractivity contribution in [1.82, 2.24) is 14.9 Å². The van der Waals surface area contributed by atoms with Gasteiger partial charge >= 0.3 is 0 Å². The zero-order valence-corrected chi connectivity index (χ0v) is 11.5. The number of hydrogen-bond acceptors (Lipinski definition) is 2. The minimum Gasteiger partial charge on any atom is -0.326 e. The fraction of sp³-hybridized carbons (Fsp3) is 0.533. The predicted octanol–water partition coefficient (Wildman–Crippen LogP) is 3.18. The molecule has 0 radical (unpaired) electrons. The summed E-state index contributed by atoms with van der Waals surface area (Å²) in [6, 6.07) is 4.89. The van der Waals surface area contributed by atoms with Gasteiger partial charge in [-0.1, -0.05) is 6.92 Å². The number of hydrogen-bond donors (Lipinski definition) is 1. The van der Waals surface area contributed by atoms with Crippen molar-refractivity contribution in [2.24, 2.45) is 0 Å². The molecule has 2 heterocycles. The van der Waals surface area contributed by atoms with E-state index in [0.29, 0.717) is 0 Å². The van der Waals surface area contributed by atoms with E-state index < -0.39 is 0 Å². The van der Waals surface area contributed by atoms with Gasteiger partial charge in [-0.15, -0.1) is 0 Å². The fourth-order valence-corrected chi connectivity index (χ4v) is 3.06. The Bertz CT molecular complexity index is 597. The normalized spacial score (nSPS) is 23.3. The number of nitrogens with one attached hydrogen (secondary N) is 1. The number of benzene rings is 1. The Hall–Kier alpha value is -1.42. The standard InChI is InChI=1S/C15H20FN3/c1-3-9-19-13-6-5-11(16)10-12(13)18-14(19)15(2)7-4-8-17-15/h5-6,10,17H,3-4,7-9H2,1-2H3. The van der Waals surface area contributed by atoms with Gasteiger partial charge in [0.05, 0.1) is 16.6 Å². The van der Waals surface area contributed by atoms with Crippen molar-refractivity contribution in [3.05, 3.63) is 29.8 Å². The molecule has 19 heavy (non-hydrogen) atoms. The molecule has 1 aromatic heterocycles. The molecule has 1 aliphatic heterocycles. The molecule has 1 aromatic carbocycles. The van der Waals surface area contributed by atoms with Gasteiger partial charge in [0.2, 0.25) is 0 Å². The van der Waals surface area contributed by atoms with Gasteiger partial charge in [0.1, 0.15) is 11.6 Å². The topological polar surface area (TPSA) is 29.9 Å². The molecule has 1 atom stereocenters. The smallest absolute Gasteiger partial charge is 0.129 e. The van der Waals surface area contributed by atoms with E-state index in [1.54, 1.807) is 0 Å². The summed E-state index contributed by atoms with van der Waals surface area (Å²) in [5.74, 6) is 0.831. The lowest BCUT2D eigenvalue weighted by Crippen LogP contribution is -2.36. The van der Waals surface area contributed by atoms with Gasteiger partial charge in [0.15, 0.2) is 0 Å². The van der Waals surface area contributed by atoms with E-state index in [9.17, 15) is 4.39 Å². The van der Waals surface area contributed by atoms with Crippen LogP contribution in [0.1, 0.15) is 38.9 Å². The monoisotopic (exact) mass is 261 g/mol. The number of aromatic nitrogens is 2. The second-order valence-corrected chi connectivity index (χ2v) is 5.58. The summed E-state index contributed by atoms with van der Waals surface area (Å²) < 4.78 is 15.6. The molecule has 102 valence electrons. The highest BCUT2D eigenvalue weighted by Gasteiger charge is 2.35. The third-order valence-corrected chi connectivity index (χ3v) is 4.02. The van der Waals surface area contributed by atoms with E-state index in [2.05, 4.69) is 23.7 Å². The van der Waals surface area contributed by atoms with Gasteiger partial charge in [-0.3, -0.25) is 0 Å². The molecular weight excluding hydrogens is 241 g/mol. The van der Waals surface area contributed by atoms with Crippen molar-refractivity contribution in [2.45, 2.75) is 45.2 Å². The van der Waals surface area contributed by atoms with Gasteiger partial charge in [-0.05, 0) is 44.9 Å². The highest BCUT2D eigenvalue weighted by Crippen LogP contribution is 2.32. The molecule has 1 saturated heterocycles. The van der Waals surface area contributed by atoms with Crippen LogP contribution < -0.4 is 5.32 Å². The highest BCUT2D eigenvalue weighted by atomic mass is 19.1. The molecule has 1 N–H and O–H groups in total. The zero-order valence-electron chi connectivity index (χ0n) is 11.5. The van der Waals surface area contributed by atoms with Gasteiger partial charge in [0.25, 0.3) is 0 Å². The molecule has 1 fully saturated rings. The Kier molecular flexibility index (Phi) is 3.05. The van der Waals surface area contributed by atoms with Crippen molar-refractivity contribution < 1.29 is 4.39 Å². The maximum atomic E-state index is 13.4. The van der Waals surface area contributed by atoms with Crippen LogP contribution in [0.25, 0.3) is 11.0 Å². The van der Waals surface area contributed by atoms with Crippen LogP contribution in [0.3, 0.4) is 0 Å². The first kappa shape index (κ1) is 12.6. The summed E-state index contributed by atoms with van der Waals surface area (Å²) in [6.45, 7) is 6.31. The van der Waals surface area contributed by atoms with E-state index in [1.165, 1.54) is 18.6 Å². The van der Waals surface area contributed by atoms with Crippen molar-refractivity contribution >= 4 is 11.0 Å². The Balaban J connectivity index is 2.19. The summed E-state index contributed by atoms with van der Waals surface area (Å²) in [4.78, 5) is 4.71. The number of halogens is 1. The van der Waals surface area contributed by atoms with E-state index >= 15 is 0 Å². The largest absolute Gasteiger partial charge is 0.326 e. The predicted molar refractivity (Wildman–Crippen MR) is 74.6 cm³/mol. The molecule has 2 aromatic rings. The molecule has 1 unspecified atom stereocenters. The van der Waals surface area contributed by atoms with Gasteiger partial charge in [-0.25, -0.2) is 9.37 Å². The summed E-state index contributed by atoms with van der Waals surface area (Å²) in [6.07, 6.45) is 3.30. The van der Waals surface area contributed by atoms with Crippen molar-refractivity contribution in [3.8, 4) is 0 Å². The molecule has 3 rings (SSSR count). The van der Waals surface area contributed by atoms with Crippen LogP contribution in [0.4, 0.5) is 4.39 Å². The Morgan fingerprint density at radius 2 is 2.32 bits per heavy atom. The molecule has 0 aliphatic carbocycles. The molecule has 0 saturated carbocycles. The van der Waals surface area contributed by atoms with Gasteiger partial charge in [-0.2, -0.15) is 0 Å². The minimum atomic E-state index is -0.218. The summed E-state index contributed by atoms with van der Waals surface area (Å²) >= 11 is 0. The van der Waals surface area contributed by atoms with Crippen LogP contribution in [-0.4, -0.2) is 16.1 Å². The maximum Gasteiger partial charge on any atom is 0.129 e. The first-order valence-electron chi connectivity index (χ1n) is 7.05. The van der Waals surface area contributed by atoms with Crippen LogP contribution in [0.15, 0.2) is 18.2 Å². The molecule has 3 nitrogen and oxygen atoms in total. The lowest BCUT2D eigenvalue weighted by Gasteiger charge is -2.25. The van der Waals surface area contributed by atoms with Crippen LogP contribution in [-0.2, 0) is 12.1 Å². The lowest BCUT2D eigenvalue weighted by molar-refractivity contribution is 0.388. The van der Waals surface area contributed by atoms with E-state index in [-0.39, 0.29) is 11.4 Å². The molecule has 0 spiro atoms. The second-order valence-electron chi connectivity index (χ2n) is 5.58. The quantitative estimate of drug-likeness (QED) is 0.919. The fourth-order valence-electron chi connectivity index (χ4n) is 3.06. The highest BCUT2D eigenvalue weighted by molar-refractivity contribution is 5.76. The van der Waals surface area contributed by atoms with Gasteiger partial charge < -0.3 is 9.88 Å². The Labute approximate surface area is 112 Å². The van der Waals surface area contributed by atoms with Crippen molar-refractivity contribution in [1.29, 1.82) is 0 Å². The number of rotatable bonds is 3. The first-order chi connectivity index (χ1) is 9.14. The van der Waals surface area contributed by atoms with Crippen LogP contribution in [0.2, 0.25) is 0 Å². The average molecular weight is 261 g/mol. The zero-order chi connectivity index (χ0) is 13.5. The lowest BCUT2D eigenvalue weighted by atomic mass is 9.99. The SMILES string of the molecule is CCCn1c(C2(C)CCCN2)nc2cc(F)ccc21. The number of nitrogens with zero attached hydrogens (tertiary/aromatic N) is 2. The number of imidazole rings is 1. The van der Waals surface area contributed by atoms with Crippen LogP contribution in [0.5, 0.6) is 0 Å². The minimum absolute atomic E-state index is 0.0787. The summed E-state index contributed by atoms with van der Waals surface area (Å²) in [5.41, 5.74) is 1.72. The Morgan fingerprint density at radius 3 is 3.00 bits per heavy atom. The third kappa shape index (κ3) is 2.04. The average Bonchev–Trinajstić information content (AvgIpc) is 2.95. The molecule has 0 amide bonds. The number of fused-ring (bicyclic) bond motifs is 1. The maximum absolute atomic E-state index is 13.4. The molecular formula is C15H20FN3. The Morgan fingerprint density at radius 1 is 1.47 bits per heavy atom. The summed E-state index contributed by atoms with van der Waals surface area (Å²) in [7, 11) is 0. The molecule has 1 aliphatic rings. The second kappa shape index (κ2) is 4.60. The van der Waals surface area contributed by atoms with E-state index in [1.807, 2.05) is 6.07 Å². The summed E-state index contributed by atoms with van der Waals surface area (Å²) in [5, 5.41) is 3.55. The van der Waals surface area contributed by atoms with Crippen molar-refractivity contribution in [3.63, 3.8) is 0 Å². The van der Waals surface area contributed by atoms with Crippen LogP contribution >= 0.6 is 0 Å². The number of aryl methyl sites for hydroxylation is 1. The first-order valence-corrected chi connectivity index (χ1v) is 7.05. The van der Waals surface area contributed by atoms with E-state index in [4.69, 9.17) is 4.98 Å². The van der Waals surface area contributed by atoms with Crippen molar-refractivity contribution in [2.75, 3.05) is 6.54 Å². The van der Waals surface area contributed by atoms with Crippen LogP contribution in [0, 0.1) is 5.82 Å². The third-order valence-electron chi connectivity index (χ3n) is 4.02. The van der Waals surface area contributed by atoms with E-state index in [0.717, 1.165) is 42.8 Å². The molecule has 0 bridgehead atoms. The van der Waals surface area contributed by atoms with Gasteiger partial charge in [0, 0.05) is 12.6 Å². The molecule has 4 heteroatoms.